The van der Waals surface area contributed by atoms with E-state index in [1.54, 1.807) is 12.1 Å². The Morgan fingerprint density at radius 3 is 2.42 bits per heavy atom. The maximum absolute atomic E-state index is 12.4. The molecule has 0 amide bonds. The van der Waals surface area contributed by atoms with Gasteiger partial charge in [0.05, 0.1) is 22.6 Å². The molecule has 0 heterocycles. The third-order valence-electron chi connectivity index (χ3n) is 3.12. The van der Waals surface area contributed by atoms with E-state index in [1.807, 2.05) is 0 Å². The van der Waals surface area contributed by atoms with Gasteiger partial charge >= 0.3 is 5.97 Å². The maximum atomic E-state index is 12.4. The number of benzene rings is 2. The molecule has 128 valence electrons. The second kappa shape index (κ2) is 7.72. The molecule has 24 heavy (non-hydrogen) atoms. The van der Waals surface area contributed by atoms with Crippen molar-refractivity contribution in [1.29, 1.82) is 0 Å². The van der Waals surface area contributed by atoms with Gasteiger partial charge in [-0.15, -0.1) is 0 Å². The molecule has 0 bridgehead atoms. The number of hydrogen-bond donors (Lipinski definition) is 1. The fourth-order valence-corrected chi connectivity index (χ4v) is 3.56. The first-order chi connectivity index (χ1) is 11.2. The van der Waals surface area contributed by atoms with E-state index in [1.165, 1.54) is 25.3 Å². The third-order valence-corrected chi connectivity index (χ3v) is 5.44. The minimum atomic E-state index is -3.87. The molecule has 0 saturated heterocycles. The van der Waals surface area contributed by atoms with E-state index in [0.717, 1.165) is 6.07 Å². The summed E-state index contributed by atoms with van der Waals surface area (Å²) in [7, 11) is -2.69. The number of carbonyl (C=O) groups excluding carboxylic acids is 1. The SMILES string of the molecule is COC(=O)c1cc(S(=O)(=O)NCc2ccc(Cl)cc2Cl)ccc1Cl. The first-order valence-electron chi connectivity index (χ1n) is 6.56. The highest BCUT2D eigenvalue weighted by molar-refractivity contribution is 7.89. The molecule has 0 spiro atoms. The van der Waals surface area contributed by atoms with E-state index in [4.69, 9.17) is 34.8 Å². The van der Waals surface area contributed by atoms with Gasteiger partial charge in [0.1, 0.15) is 0 Å². The average Bonchev–Trinajstić information content (AvgIpc) is 2.53. The zero-order chi connectivity index (χ0) is 17.9. The predicted octanol–water partition coefficient (Wildman–Crippen LogP) is 3.91. The van der Waals surface area contributed by atoms with E-state index in [2.05, 4.69) is 9.46 Å². The van der Waals surface area contributed by atoms with Gasteiger partial charge in [0.25, 0.3) is 0 Å². The van der Waals surface area contributed by atoms with Crippen molar-refractivity contribution >= 4 is 50.8 Å². The standard InChI is InChI=1S/C15H12Cl3NO4S/c1-23-15(20)12-7-11(4-5-13(12)17)24(21,22)19-8-9-2-3-10(16)6-14(9)18/h2-7,19H,8H2,1H3. The van der Waals surface area contributed by atoms with Crippen molar-refractivity contribution < 1.29 is 17.9 Å². The van der Waals surface area contributed by atoms with Gasteiger partial charge in [0.15, 0.2) is 0 Å². The summed E-state index contributed by atoms with van der Waals surface area (Å²) in [5.74, 6) is -0.724. The molecule has 0 aromatic heterocycles. The Morgan fingerprint density at radius 2 is 1.79 bits per heavy atom. The number of nitrogens with one attached hydrogen (secondary N) is 1. The van der Waals surface area contributed by atoms with Gasteiger partial charge in [-0.25, -0.2) is 17.9 Å². The first kappa shape index (κ1) is 19.0. The number of ether oxygens (including phenoxy) is 1. The highest BCUT2D eigenvalue weighted by Gasteiger charge is 2.19. The third kappa shape index (κ3) is 4.40. The average molecular weight is 409 g/mol. The van der Waals surface area contributed by atoms with Gasteiger partial charge < -0.3 is 4.74 Å². The van der Waals surface area contributed by atoms with Crippen molar-refractivity contribution in [1.82, 2.24) is 4.72 Å². The van der Waals surface area contributed by atoms with Crippen LogP contribution in [0.25, 0.3) is 0 Å². The van der Waals surface area contributed by atoms with Gasteiger partial charge in [-0.1, -0.05) is 40.9 Å². The van der Waals surface area contributed by atoms with Crippen LogP contribution in [0.3, 0.4) is 0 Å². The Kier molecular flexibility index (Phi) is 6.11. The molecular weight excluding hydrogens is 397 g/mol. The van der Waals surface area contributed by atoms with Crippen LogP contribution in [-0.2, 0) is 21.3 Å². The topological polar surface area (TPSA) is 72.5 Å². The molecule has 2 aromatic rings. The normalized spacial score (nSPS) is 11.3. The summed E-state index contributed by atoms with van der Waals surface area (Å²) in [5, 5.41) is 0.894. The molecule has 9 heteroatoms. The van der Waals surface area contributed by atoms with Gasteiger partial charge in [-0.2, -0.15) is 0 Å². The number of rotatable bonds is 5. The second-order valence-corrected chi connectivity index (χ2v) is 7.71. The van der Waals surface area contributed by atoms with Crippen LogP contribution in [0.2, 0.25) is 15.1 Å². The quantitative estimate of drug-likeness (QED) is 0.761. The van der Waals surface area contributed by atoms with E-state index >= 15 is 0 Å². The van der Waals surface area contributed by atoms with Gasteiger partial charge in [-0.3, -0.25) is 0 Å². The van der Waals surface area contributed by atoms with E-state index < -0.39 is 16.0 Å². The lowest BCUT2D eigenvalue weighted by atomic mass is 10.2. The molecule has 0 fully saturated rings. The molecule has 0 radical (unpaired) electrons. The van der Waals surface area contributed by atoms with Gasteiger partial charge in [0.2, 0.25) is 10.0 Å². The fourth-order valence-electron chi connectivity index (χ4n) is 1.86. The zero-order valence-corrected chi connectivity index (χ0v) is 15.4. The Morgan fingerprint density at radius 1 is 1.08 bits per heavy atom. The number of esters is 1. The number of methoxy groups -OCH3 is 1. The molecule has 2 aromatic carbocycles. The van der Waals surface area contributed by atoms with Crippen LogP contribution in [-0.4, -0.2) is 21.5 Å². The van der Waals surface area contributed by atoms with E-state index in [-0.39, 0.29) is 22.0 Å². The van der Waals surface area contributed by atoms with Gasteiger partial charge in [0, 0.05) is 16.6 Å². The monoisotopic (exact) mass is 407 g/mol. The number of sulfonamides is 1. The van der Waals surface area contributed by atoms with Crippen LogP contribution in [0.5, 0.6) is 0 Å². The van der Waals surface area contributed by atoms with Gasteiger partial charge in [-0.05, 0) is 35.9 Å². The molecule has 0 atom stereocenters. The van der Waals surface area contributed by atoms with Crippen LogP contribution in [0.4, 0.5) is 0 Å². The van der Waals surface area contributed by atoms with Crippen molar-refractivity contribution in [3.8, 4) is 0 Å². The molecule has 0 unspecified atom stereocenters. The van der Waals surface area contributed by atoms with Crippen LogP contribution in [0.1, 0.15) is 15.9 Å². The van der Waals surface area contributed by atoms with E-state index in [9.17, 15) is 13.2 Å². The summed E-state index contributed by atoms with van der Waals surface area (Å²) < 4.78 is 31.7. The summed E-state index contributed by atoms with van der Waals surface area (Å²) in [6.07, 6.45) is 0. The van der Waals surface area contributed by atoms with Crippen molar-refractivity contribution in [3.05, 3.63) is 62.6 Å². The van der Waals surface area contributed by atoms with Crippen molar-refractivity contribution in [3.63, 3.8) is 0 Å². The molecule has 0 aliphatic rings. The van der Waals surface area contributed by atoms with Crippen LogP contribution in [0.15, 0.2) is 41.3 Å². The van der Waals surface area contributed by atoms with Crippen molar-refractivity contribution in [2.45, 2.75) is 11.4 Å². The van der Waals surface area contributed by atoms with Crippen molar-refractivity contribution in [2.24, 2.45) is 0 Å². The summed E-state index contributed by atoms with van der Waals surface area (Å²) in [5.41, 5.74) is 0.526. The van der Waals surface area contributed by atoms with Crippen molar-refractivity contribution in [2.75, 3.05) is 7.11 Å². The van der Waals surface area contributed by atoms with Crippen LogP contribution < -0.4 is 4.72 Å². The lowest BCUT2D eigenvalue weighted by Crippen LogP contribution is -2.23. The largest absolute Gasteiger partial charge is 0.465 e. The second-order valence-electron chi connectivity index (χ2n) is 4.69. The zero-order valence-electron chi connectivity index (χ0n) is 12.3. The maximum Gasteiger partial charge on any atom is 0.339 e. The summed E-state index contributed by atoms with van der Waals surface area (Å²) in [4.78, 5) is 11.5. The number of halogens is 3. The molecule has 0 aliphatic heterocycles. The molecule has 2 rings (SSSR count). The first-order valence-corrected chi connectivity index (χ1v) is 9.18. The lowest BCUT2D eigenvalue weighted by molar-refractivity contribution is 0.0600. The highest BCUT2D eigenvalue weighted by Crippen LogP contribution is 2.23. The summed E-state index contributed by atoms with van der Waals surface area (Å²) >= 11 is 17.7. The minimum Gasteiger partial charge on any atom is -0.465 e. The molecule has 0 saturated carbocycles. The molecule has 0 aliphatic carbocycles. The molecular formula is C15H12Cl3NO4S. The Balaban J connectivity index is 2.26. The number of hydrogen-bond acceptors (Lipinski definition) is 4. The number of carbonyl (C=O) groups is 1. The predicted molar refractivity (Wildman–Crippen MR) is 93.3 cm³/mol. The summed E-state index contributed by atoms with van der Waals surface area (Å²) in [6, 6.07) is 8.51. The molecule has 5 nitrogen and oxygen atoms in total. The van der Waals surface area contributed by atoms with E-state index in [0.29, 0.717) is 15.6 Å². The smallest absolute Gasteiger partial charge is 0.339 e. The Hall–Kier alpha value is -1.31. The Bertz CT molecular complexity index is 884. The lowest BCUT2D eigenvalue weighted by Gasteiger charge is -2.10. The Labute approximate surface area is 154 Å². The van der Waals surface area contributed by atoms with Crippen LogP contribution >= 0.6 is 34.8 Å². The highest BCUT2D eigenvalue weighted by atomic mass is 35.5. The minimum absolute atomic E-state index is 0.0332. The fraction of sp³-hybridized carbons (Fsp3) is 0.133. The van der Waals surface area contributed by atoms with Crippen LogP contribution in [0, 0.1) is 0 Å². The molecule has 1 N–H and O–H groups in total. The summed E-state index contributed by atoms with van der Waals surface area (Å²) in [6.45, 7) is -0.0332.